The Morgan fingerprint density at radius 2 is 2.14 bits per heavy atom. The molecule has 0 aliphatic carbocycles. The average Bonchev–Trinajstić information content (AvgIpc) is 2.81. The van der Waals surface area contributed by atoms with Gasteiger partial charge in [-0.25, -0.2) is 13.1 Å². The second-order valence-corrected chi connectivity index (χ2v) is 8.30. The van der Waals surface area contributed by atoms with E-state index in [1.54, 1.807) is 6.07 Å². The molecule has 1 fully saturated rings. The van der Waals surface area contributed by atoms with Gasteiger partial charge in [0.05, 0.1) is 18.1 Å². The van der Waals surface area contributed by atoms with Gasteiger partial charge in [-0.1, -0.05) is 0 Å². The first-order valence-corrected chi connectivity index (χ1v) is 9.34. The quantitative estimate of drug-likeness (QED) is 0.792. The zero-order valence-corrected chi connectivity index (χ0v) is 14.1. The van der Waals surface area contributed by atoms with Gasteiger partial charge in [-0.05, 0) is 19.9 Å². The highest BCUT2D eigenvalue weighted by Gasteiger charge is 2.23. The maximum absolute atomic E-state index is 12.4. The van der Waals surface area contributed by atoms with Crippen LogP contribution < -0.4 is 10.5 Å². The fraction of sp³-hybridized carbons (Fsp3) is 0.692. The van der Waals surface area contributed by atoms with Gasteiger partial charge in [0.2, 0.25) is 10.0 Å². The van der Waals surface area contributed by atoms with Crippen molar-refractivity contribution in [2.75, 3.05) is 32.8 Å². The van der Waals surface area contributed by atoms with Crippen molar-refractivity contribution in [3.05, 3.63) is 15.8 Å². The van der Waals surface area contributed by atoms with Crippen molar-refractivity contribution in [3.8, 4) is 0 Å². The molecule has 0 radical (unpaired) electrons. The van der Waals surface area contributed by atoms with Crippen LogP contribution in [0.1, 0.15) is 16.7 Å². The molecule has 3 N–H and O–H groups in total. The summed E-state index contributed by atoms with van der Waals surface area (Å²) in [7, 11) is -3.48. The molecular formula is C13H23N3O3S2. The molecule has 2 heterocycles. The van der Waals surface area contributed by atoms with Crippen molar-refractivity contribution >= 4 is 21.4 Å². The van der Waals surface area contributed by atoms with Crippen molar-refractivity contribution in [1.29, 1.82) is 0 Å². The lowest BCUT2D eigenvalue weighted by Crippen LogP contribution is -2.45. The third kappa shape index (κ3) is 4.48. The van der Waals surface area contributed by atoms with E-state index in [1.165, 1.54) is 11.3 Å². The Labute approximate surface area is 130 Å². The van der Waals surface area contributed by atoms with Gasteiger partial charge in [-0.2, -0.15) is 0 Å². The Morgan fingerprint density at radius 1 is 1.48 bits per heavy atom. The minimum atomic E-state index is -3.48. The number of hydrogen-bond donors (Lipinski definition) is 2. The molecule has 1 aliphatic rings. The maximum atomic E-state index is 12.4. The molecule has 0 amide bonds. The smallest absolute Gasteiger partial charge is 0.241 e. The van der Waals surface area contributed by atoms with Crippen LogP contribution in [0, 0.1) is 6.92 Å². The number of thiophene rings is 1. The maximum Gasteiger partial charge on any atom is 0.241 e. The first-order valence-electron chi connectivity index (χ1n) is 7.04. The summed E-state index contributed by atoms with van der Waals surface area (Å²) in [5.74, 6) is 0. The molecule has 1 unspecified atom stereocenters. The van der Waals surface area contributed by atoms with Gasteiger partial charge >= 0.3 is 0 Å². The van der Waals surface area contributed by atoms with E-state index in [2.05, 4.69) is 9.62 Å². The lowest BCUT2D eigenvalue weighted by molar-refractivity contribution is 0.0354. The van der Waals surface area contributed by atoms with Crippen LogP contribution in [0.3, 0.4) is 0 Å². The number of nitrogens with one attached hydrogen (secondary N) is 1. The van der Waals surface area contributed by atoms with Crippen molar-refractivity contribution in [2.45, 2.75) is 31.3 Å². The highest BCUT2D eigenvalue weighted by Crippen LogP contribution is 2.25. The average molecular weight is 333 g/mol. The molecule has 120 valence electrons. The molecule has 1 aromatic heterocycles. The van der Waals surface area contributed by atoms with E-state index in [1.807, 2.05) is 13.8 Å². The minimum Gasteiger partial charge on any atom is -0.379 e. The summed E-state index contributed by atoms with van der Waals surface area (Å²) >= 11 is 1.43. The van der Waals surface area contributed by atoms with Crippen LogP contribution in [0.25, 0.3) is 0 Å². The number of hydrogen-bond acceptors (Lipinski definition) is 6. The molecule has 0 spiro atoms. The van der Waals surface area contributed by atoms with Crippen molar-refractivity contribution < 1.29 is 13.2 Å². The predicted octanol–water partition coefficient (Wildman–Crippen LogP) is 0.514. The Kier molecular flexibility index (Phi) is 5.75. The molecule has 1 aliphatic heterocycles. The highest BCUT2D eigenvalue weighted by molar-refractivity contribution is 7.89. The third-order valence-corrected chi connectivity index (χ3v) is 6.32. The Morgan fingerprint density at radius 3 is 2.71 bits per heavy atom. The van der Waals surface area contributed by atoms with E-state index in [4.69, 9.17) is 10.5 Å². The Hall–Kier alpha value is -0.510. The topological polar surface area (TPSA) is 84.7 Å². The van der Waals surface area contributed by atoms with Crippen molar-refractivity contribution in [2.24, 2.45) is 5.73 Å². The van der Waals surface area contributed by atoms with E-state index < -0.39 is 10.0 Å². The van der Waals surface area contributed by atoms with Crippen LogP contribution in [0.4, 0.5) is 0 Å². The van der Waals surface area contributed by atoms with E-state index in [9.17, 15) is 8.42 Å². The van der Waals surface area contributed by atoms with E-state index in [-0.39, 0.29) is 6.04 Å². The van der Waals surface area contributed by atoms with Gasteiger partial charge in [0.25, 0.3) is 0 Å². The second kappa shape index (κ2) is 7.17. The largest absolute Gasteiger partial charge is 0.379 e. The SMILES string of the molecule is Cc1sc(CN)cc1S(=O)(=O)NC(C)CN1CCOCC1. The van der Waals surface area contributed by atoms with Gasteiger partial charge < -0.3 is 10.5 Å². The van der Waals surface area contributed by atoms with Gasteiger partial charge in [-0.15, -0.1) is 11.3 Å². The predicted molar refractivity (Wildman–Crippen MR) is 84.0 cm³/mol. The van der Waals surface area contributed by atoms with Gasteiger partial charge in [0, 0.05) is 42.0 Å². The monoisotopic (exact) mass is 333 g/mol. The van der Waals surface area contributed by atoms with Crippen LogP contribution in [0.2, 0.25) is 0 Å². The first kappa shape index (κ1) is 16.9. The zero-order chi connectivity index (χ0) is 15.5. The first-order chi connectivity index (χ1) is 9.92. The van der Waals surface area contributed by atoms with Crippen LogP contribution >= 0.6 is 11.3 Å². The van der Waals surface area contributed by atoms with Crippen molar-refractivity contribution in [3.63, 3.8) is 0 Å². The number of sulfonamides is 1. The lowest BCUT2D eigenvalue weighted by atomic mass is 10.3. The van der Waals surface area contributed by atoms with Gasteiger partial charge in [-0.3, -0.25) is 4.90 Å². The van der Waals surface area contributed by atoms with E-state index in [0.29, 0.717) is 31.2 Å². The fourth-order valence-electron chi connectivity index (χ4n) is 2.43. The molecule has 6 nitrogen and oxygen atoms in total. The van der Waals surface area contributed by atoms with Crippen LogP contribution in [0.15, 0.2) is 11.0 Å². The van der Waals surface area contributed by atoms with Crippen LogP contribution in [0.5, 0.6) is 0 Å². The summed E-state index contributed by atoms with van der Waals surface area (Å²) in [6.45, 7) is 7.87. The number of rotatable bonds is 6. The summed E-state index contributed by atoms with van der Waals surface area (Å²) < 4.78 is 32.9. The Balaban J connectivity index is 2.00. The molecule has 1 aromatic rings. The standard InChI is InChI=1S/C13H23N3O3S2/c1-10(9-16-3-5-19-6-4-16)15-21(17,18)13-7-12(8-14)20-11(13)2/h7,10,15H,3-6,8-9,14H2,1-2H3. The molecule has 8 heteroatoms. The molecule has 0 bridgehead atoms. The van der Waals surface area contributed by atoms with Gasteiger partial charge in [0.15, 0.2) is 0 Å². The summed E-state index contributed by atoms with van der Waals surface area (Å²) in [6, 6.07) is 1.53. The number of nitrogens with zero attached hydrogens (tertiary/aromatic N) is 1. The molecule has 0 aromatic carbocycles. The summed E-state index contributed by atoms with van der Waals surface area (Å²) in [4.78, 5) is 4.22. The summed E-state index contributed by atoms with van der Waals surface area (Å²) in [6.07, 6.45) is 0. The van der Waals surface area contributed by atoms with Crippen molar-refractivity contribution in [1.82, 2.24) is 9.62 Å². The second-order valence-electron chi connectivity index (χ2n) is 5.27. The lowest BCUT2D eigenvalue weighted by Gasteiger charge is -2.29. The molecule has 0 saturated carbocycles. The fourth-order valence-corrected chi connectivity index (χ4v) is 5.18. The third-order valence-electron chi connectivity index (χ3n) is 3.41. The Bertz CT molecular complexity index is 565. The van der Waals surface area contributed by atoms with E-state index >= 15 is 0 Å². The number of aryl methyl sites for hydroxylation is 1. The number of morpholine rings is 1. The van der Waals surface area contributed by atoms with E-state index in [0.717, 1.165) is 22.8 Å². The minimum absolute atomic E-state index is 0.145. The molecule has 1 atom stereocenters. The zero-order valence-electron chi connectivity index (χ0n) is 12.5. The van der Waals surface area contributed by atoms with Crippen LogP contribution in [-0.4, -0.2) is 52.2 Å². The van der Waals surface area contributed by atoms with Gasteiger partial charge in [0.1, 0.15) is 0 Å². The molecule has 21 heavy (non-hydrogen) atoms. The normalized spacial score (nSPS) is 18.8. The molecule has 1 saturated heterocycles. The summed E-state index contributed by atoms with van der Waals surface area (Å²) in [5.41, 5.74) is 5.58. The highest BCUT2D eigenvalue weighted by atomic mass is 32.2. The number of ether oxygens (including phenoxy) is 1. The summed E-state index contributed by atoms with van der Waals surface area (Å²) in [5, 5.41) is 0. The molecule has 2 rings (SSSR count). The van der Waals surface area contributed by atoms with Crippen LogP contribution in [-0.2, 0) is 21.3 Å². The number of nitrogens with two attached hydrogens (primary N) is 1. The molecular weight excluding hydrogens is 310 g/mol.